The quantitative estimate of drug-likeness (QED) is 0.783. The Morgan fingerprint density at radius 2 is 1.95 bits per heavy atom. The molecule has 0 aliphatic heterocycles. The first kappa shape index (κ1) is 15.2. The van der Waals surface area contributed by atoms with Gasteiger partial charge in [-0.2, -0.15) is 0 Å². The second-order valence-electron chi connectivity index (χ2n) is 6.39. The largest absolute Gasteiger partial charge is 0.314 e. The van der Waals surface area contributed by atoms with Gasteiger partial charge in [0, 0.05) is 12.6 Å². The normalized spacial score (nSPS) is 18.6. The Morgan fingerprint density at radius 3 is 2.47 bits per heavy atom. The molecule has 0 radical (unpaired) electrons. The van der Waals surface area contributed by atoms with Gasteiger partial charge >= 0.3 is 0 Å². The third-order valence-electron chi connectivity index (χ3n) is 4.07. The molecule has 1 fully saturated rings. The van der Waals surface area contributed by atoms with Crippen LogP contribution in [0, 0.1) is 11.3 Å². The summed E-state index contributed by atoms with van der Waals surface area (Å²) >= 11 is 12.1. The van der Waals surface area contributed by atoms with Gasteiger partial charge in [-0.05, 0) is 48.3 Å². The third kappa shape index (κ3) is 4.11. The highest BCUT2D eigenvalue weighted by Gasteiger charge is 2.41. The fraction of sp³-hybridized carbons (Fsp3) is 0.625. The zero-order valence-electron chi connectivity index (χ0n) is 12.0. The van der Waals surface area contributed by atoms with Crippen molar-refractivity contribution >= 4 is 23.2 Å². The van der Waals surface area contributed by atoms with Crippen LogP contribution < -0.4 is 5.32 Å². The van der Waals surface area contributed by atoms with Crippen molar-refractivity contribution in [3.63, 3.8) is 0 Å². The van der Waals surface area contributed by atoms with E-state index in [1.807, 2.05) is 12.1 Å². The van der Waals surface area contributed by atoms with Gasteiger partial charge in [0.2, 0.25) is 0 Å². The third-order valence-corrected chi connectivity index (χ3v) is 4.81. The van der Waals surface area contributed by atoms with Crippen LogP contribution in [-0.2, 0) is 6.42 Å². The SMILES string of the molecule is CC(C)NCC(C)(Cc1ccc(Cl)c(Cl)c1)C1CC1. The highest BCUT2D eigenvalue weighted by atomic mass is 35.5. The summed E-state index contributed by atoms with van der Waals surface area (Å²) in [7, 11) is 0. The summed E-state index contributed by atoms with van der Waals surface area (Å²) in [5.41, 5.74) is 1.61. The van der Waals surface area contributed by atoms with Crippen molar-refractivity contribution in [2.45, 2.75) is 46.1 Å². The molecular weight excluding hydrogens is 277 g/mol. The van der Waals surface area contributed by atoms with Gasteiger partial charge in [0.05, 0.1) is 10.0 Å². The minimum Gasteiger partial charge on any atom is -0.314 e. The van der Waals surface area contributed by atoms with E-state index in [4.69, 9.17) is 23.2 Å². The van der Waals surface area contributed by atoms with E-state index in [1.165, 1.54) is 18.4 Å². The first-order valence-electron chi connectivity index (χ1n) is 7.08. The average molecular weight is 300 g/mol. The van der Waals surface area contributed by atoms with Gasteiger partial charge < -0.3 is 5.32 Å². The van der Waals surface area contributed by atoms with E-state index < -0.39 is 0 Å². The maximum Gasteiger partial charge on any atom is 0.0595 e. The van der Waals surface area contributed by atoms with Crippen LogP contribution in [0.2, 0.25) is 10.0 Å². The van der Waals surface area contributed by atoms with Gasteiger partial charge in [0.15, 0.2) is 0 Å². The summed E-state index contributed by atoms with van der Waals surface area (Å²) in [6.45, 7) is 7.86. The Balaban J connectivity index is 2.09. The zero-order valence-corrected chi connectivity index (χ0v) is 13.5. The fourth-order valence-electron chi connectivity index (χ4n) is 2.68. The average Bonchev–Trinajstić information content (AvgIpc) is 3.16. The standard InChI is InChI=1S/C16H23Cl2N/c1-11(2)19-10-16(3,13-5-6-13)9-12-4-7-14(17)15(18)8-12/h4,7-8,11,13,19H,5-6,9-10H2,1-3H3. The van der Waals surface area contributed by atoms with E-state index in [-0.39, 0.29) is 0 Å². The van der Waals surface area contributed by atoms with Gasteiger partial charge in [0.25, 0.3) is 0 Å². The Bertz CT molecular complexity index is 440. The van der Waals surface area contributed by atoms with Gasteiger partial charge in [-0.1, -0.05) is 50.0 Å². The summed E-state index contributed by atoms with van der Waals surface area (Å²) in [5, 5.41) is 4.89. The van der Waals surface area contributed by atoms with Crippen LogP contribution in [0.15, 0.2) is 18.2 Å². The van der Waals surface area contributed by atoms with E-state index in [9.17, 15) is 0 Å². The van der Waals surface area contributed by atoms with E-state index in [1.54, 1.807) is 0 Å². The van der Waals surface area contributed by atoms with Crippen LogP contribution in [0.1, 0.15) is 39.2 Å². The van der Waals surface area contributed by atoms with Gasteiger partial charge in [-0.25, -0.2) is 0 Å². The first-order valence-corrected chi connectivity index (χ1v) is 7.83. The number of hydrogen-bond donors (Lipinski definition) is 1. The number of halogens is 2. The Labute approximate surface area is 126 Å². The van der Waals surface area contributed by atoms with E-state index >= 15 is 0 Å². The molecule has 0 spiro atoms. The van der Waals surface area contributed by atoms with Crippen LogP contribution in [0.5, 0.6) is 0 Å². The highest BCUT2D eigenvalue weighted by molar-refractivity contribution is 6.42. The molecule has 0 aromatic heterocycles. The summed E-state index contributed by atoms with van der Waals surface area (Å²) in [4.78, 5) is 0. The van der Waals surface area contributed by atoms with Crippen molar-refractivity contribution in [3.8, 4) is 0 Å². The van der Waals surface area contributed by atoms with Crippen molar-refractivity contribution in [3.05, 3.63) is 33.8 Å². The van der Waals surface area contributed by atoms with Crippen molar-refractivity contribution < 1.29 is 0 Å². The molecule has 1 saturated carbocycles. The maximum atomic E-state index is 6.12. The topological polar surface area (TPSA) is 12.0 Å². The monoisotopic (exact) mass is 299 g/mol. The molecule has 106 valence electrons. The minimum atomic E-state index is 0.321. The molecule has 1 aromatic carbocycles. The molecule has 0 heterocycles. The molecule has 0 saturated heterocycles. The summed E-state index contributed by atoms with van der Waals surface area (Å²) < 4.78 is 0. The molecule has 3 heteroatoms. The zero-order chi connectivity index (χ0) is 14.0. The van der Waals surface area contributed by atoms with E-state index in [2.05, 4.69) is 32.2 Å². The van der Waals surface area contributed by atoms with Gasteiger partial charge in [-0.3, -0.25) is 0 Å². The molecular formula is C16H23Cl2N. The van der Waals surface area contributed by atoms with Crippen LogP contribution in [0.3, 0.4) is 0 Å². The van der Waals surface area contributed by atoms with Crippen LogP contribution in [-0.4, -0.2) is 12.6 Å². The second kappa shape index (κ2) is 6.03. The van der Waals surface area contributed by atoms with Gasteiger partial charge in [-0.15, -0.1) is 0 Å². The molecule has 0 bridgehead atoms. The molecule has 19 heavy (non-hydrogen) atoms. The van der Waals surface area contributed by atoms with Crippen molar-refractivity contribution in [2.75, 3.05) is 6.54 Å². The molecule has 1 unspecified atom stereocenters. The highest BCUT2D eigenvalue weighted by Crippen LogP contribution is 2.47. The smallest absolute Gasteiger partial charge is 0.0595 e. The summed E-state index contributed by atoms with van der Waals surface area (Å²) in [5.74, 6) is 0.841. The minimum absolute atomic E-state index is 0.321. The molecule has 0 amide bonds. The van der Waals surface area contributed by atoms with Crippen LogP contribution in [0.25, 0.3) is 0 Å². The van der Waals surface area contributed by atoms with Crippen LogP contribution in [0.4, 0.5) is 0 Å². The molecule has 1 aromatic rings. The number of rotatable bonds is 6. The predicted molar refractivity (Wildman–Crippen MR) is 84.1 cm³/mol. The number of hydrogen-bond acceptors (Lipinski definition) is 1. The van der Waals surface area contributed by atoms with Crippen molar-refractivity contribution in [1.82, 2.24) is 5.32 Å². The van der Waals surface area contributed by atoms with E-state index in [0.717, 1.165) is 18.9 Å². The lowest BCUT2D eigenvalue weighted by atomic mass is 9.78. The summed E-state index contributed by atoms with van der Waals surface area (Å²) in [6.07, 6.45) is 3.78. The number of nitrogens with one attached hydrogen (secondary N) is 1. The maximum absolute atomic E-state index is 6.12. The lowest BCUT2D eigenvalue weighted by Crippen LogP contribution is -2.38. The Kier molecular flexibility index (Phi) is 4.81. The lowest BCUT2D eigenvalue weighted by Gasteiger charge is -2.31. The first-order chi connectivity index (χ1) is 8.90. The molecule has 1 aliphatic rings. The summed E-state index contributed by atoms with van der Waals surface area (Å²) in [6, 6.07) is 6.55. The fourth-order valence-corrected chi connectivity index (χ4v) is 3.01. The predicted octanol–water partition coefficient (Wildman–Crippen LogP) is 4.95. The van der Waals surface area contributed by atoms with E-state index in [0.29, 0.717) is 21.5 Å². The van der Waals surface area contributed by atoms with Crippen molar-refractivity contribution in [1.29, 1.82) is 0 Å². The second-order valence-corrected chi connectivity index (χ2v) is 7.20. The van der Waals surface area contributed by atoms with Crippen LogP contribution >= 0.6 is 23.2 Å². The molecule has 1 atom stereocenters. The lowest BCUT2D eigenvalue weighted by molar-refractivity contribution is 0.248. The molecule has 1 N–H and O–H groups in total. The Hall–Kier alpha value is -0.240. The number of benzene rings is 1. The Morgan fingerprint density at radius 1 is 1.26 bits per heavy atom. The van der Waals surface area contributed by atoms with Gasteiger partial charge in [0.1, 0.15) is 0 Å². The molecule has 1 nitrogen and oxygen atoms in total. The van der Waals surface area contributed by atoms with Crippen molar-refractivity contribution in [2.24, 2.45) is 11.3 Å². The molecule has 2 rings (SSSR count). The molecule has 1 aliphatic carbocycles.